The highest BCUT2D eigenvalue weighted by Crippen LogP contribution is 2.27. The van der Waals surface area contributed by atoms with Crippen LogP contribution in [0.5, 0.6) is 5.75 Å². The van der Waals surface area contributed by atoms with Gasteiger partial charge < -0.3 is 10.1 Å². The van der Waals surface area contributed by atoms with Crippen LogP contribution in [0.15, 0.2) is 29.8 Å². The molecule has 0 spiro atoms. The summed E-state index contributed by atoms with van der Waals surface area (Å²) >= 11 is 0. The van der Waals surface area contributed by atoms with E-state index in [0.29, 0.717) is 12.1 Å². The SMILES string of the molecule is Cc1ccc(OCC(=O)NC(=O)NCCC2=CCCCC2)c([N+](=O)[O-])c1. The van der Waals surface area contributed by atoms with Crippen molar-refractivity contribution in [1.29, 1.82) is 0 Å². The molecule has 1 aliphatic rings. The average Bonchev–Trinajstić information content (AvgIpc) is 2.61. The molecule has 0 bridgehead atoms. The number of nitrogens with one attached hydrogen (secondary N) is 2. The summed E-state index contributed by atoms with van der Waals surface area (Å²) in [5, 5.41) is 15.8. The molecule has 0 fully saturated rings. The van der Waals surface area contributed by atoms with Gasteiger partial charge in [-0.15, -0.1) is 0 Å². The molecule has 8 heteroatoms. The number of ether oxygens (including phenoxy) is 1. The van der Waals surface area contributed by atoms with Gasteiger partial charge in [0, 0.05) is 12.6 Å². The Balaban J connectivity index is 1.73. The van der Waals surface area contributed by atoms with Crippen molar-refractivity contribution < 1.29 is 19.2 Å². The van der Waals surface area contributed by atoms with Crippen LogP contribution in [-0.4, -0.2) is 30.0 Å². The Bertz CT molecular complexity index is 715. The summed E-state index contributed by atoms with van der Waals surface area (Å²) in [7, 11) is 0. The predicted octanol–water partition coefficient (Wildman–Crippen LogP) is 3.00. The topological polar surface area (TPSA) is 111 Å². The van der Waals surface area contributed by atoms with Crippen molar-refractivity contribution in [3.63, 3.8) is 0 Å². The van der Waals surface area contributed by atoms with E-state index in [1.807, 2.05) is 0 Å². The van der Waals surface area contributed by atoms with Gasteiger partial charge in [-0.3, -0.25) is 20.2 Å². The van der Waals surface area contributed by atoms with Gasteiger partial charge in [-0.2, -0.15) is 0 Å². The third-order valence-corrected chi connectivity index (χ3v) is 4.04. The summed E-state index contributed by atoms with van der Waals surface area (Å²) in [4.78, 5) is 33.9. The summed E-state index contributed by atoms with van der Waals surface area (Å²) < 4.78 is 5.17. The van der Waals surface area contributed by atoms with Crippen molar-refractivity contribution in [2.75, 3.05) is 13.2 Å². The van der Waals surface area contributed by atoms with Gasteiger partial charge in [0.15, 0.2) is 12.4 Å². The second kappa shape index (κ2) is 9.55. The third-order valence-electron chi connectivity index (χ3n) is 4.04. The van der Waals surface area contributed by atoms with Gasteiger partial charge in [0.05, 0.1) is 4.92 Å². The average molecular weight is 361 g/mol. The number of rotatable bonds is 7. The van der Waals surface area contributed by atoms with Crippen molar-refractivity contribution in [3.05, 3.63) is 45.5 Å². The molecular formula is C18H23N3O5. The zero-order chi connectivity index (χ0) is 18.9. The highest BCUT2D eigenvalue weighted by Gasteiger charge is 2.17. The molecule has 2 N–H and O–H groups in total. The molecule has 0 saturated carbocycles. The number of hydrogen-bond donors (Lipinski definition) is 2. The van der Waals surface area contributed by atoms with E-state index in [2.05, 4.69) is 16.7 Å². The zero-order valence-corrected chi connectivity index (χ0v) is 14.7. The highest BCUT2D eigenvalue weighted by molar-refractivity contribution is 5.95. The summed E-state index contributed by atoms with van der Waals surface area (Å²) in [6, 6.07) is 3.83. The summed E-state index contributed by atoms with van der Waals surface area (Å²) in [6.45, 7) is 1.69. The molecule has 2 rings (SSSR count). The highest BCUT2D eigenvalue weighted by atomic mass is 16.6. The quantitative estimate of drug-likeness (QED) is 0.441. The van der Waals surface area contributed by atoms with E-state index in [-0.39, 0.29) is 11.4 Å². The molecule has 8 nitrogen and oxygen atoms in total. The molecule has 1 aromatic carbocycles. The van der Waals surface area contributed by atoms with Crippen molar-refractivity contribution in [1.82, 2.24) is 10.6 Å². The van der Waals surface area contributed by atoms with Gasteiger partial charge >= 0.3 is 11.7 Å². The maximum atomic E-state index is 11.8. The first-order valence-electron chi connectivity index (χ1n) is 8.59. The standard InChI is InChI=1S/C18H23N3O5/c1-13-7-8-16(15(11-13)21(24)25)26-12-17(22)20-18(23)19-10-9-14-5-3-2-4-6-14/h5,7-8,11H,2-4,6,9-10,12H2,1H3,(H2,19,20,22,23). The van der Waals surface area contributed by atoms with Crippen molar-refractivity contribution in [3.8, 4) is 5.75 Å². The smallest absolute Gasteiger partial charge is 0.321 e. The van der Waals surface area contributed by atoms with Crippen LogP contribution < -0.4 is 15.4 Å². The number of carbonyl (C=O) groups excluding carboxylic acids is 2. The van der Waals surface area contributed by atoms with Gasteiger partial charge in [-0.1, -0.05) is 17.7 Å². The number of benzene rings is 1. The van der Waals surface area contributed by atoms with Crippen molar-refractivity contribution in [2.24, 2.45) is 0 Å². The molecule has 0 atom stereocenters. The van der Waals surface area contributed by atoms with Gasteiger partial charge in [-0.25, -0.2) is 4.79 Å². The maximum Gasteiger partial charge on any atom is 0.321 e. The number of imide groups is 1. The number of aryl methyl sites for hydroxylation is 1. The van der Waals surface area contributed by atoms with Crippen LogP contribution in [0.1, 0.15) is 37.7 Å². The predicted molar refractivity (Wildman–Crippen MR) is 96.0 cm³/mol. The monoisotopic (exact) mass is 361 g/mol. The third kappa shape index (κ3) is 6.19. The molecule has 3 amide bonds. The molecule has 0 unspecified atom stereocenters. The number of nitrogens with zero attached hydrogens (tertiary/aromatic N) is 1. The first-order valence-corrected chi connectivity index (χ1v) is 8.59. The minimum absolute atomic E-state index is 0.0135. The normalized spacial score (nSPS) is 13.5. The zero-order valence-electron chi connectivity index (χ0n) is 14.7. The second-order valence-electron chi connectivity index (χ2n) is 6.18. The first-order chi connectivity index (χ1) is 12.5. The van der Waals surface area contributed by atoms with E-state index in [1.165, 1.54) is 30.5 Å². The Labute approximate surface area is 151 Å². The minimum Gasteiger partial charge on any atom is -0.477 e. The lowest BCUT2D eigenvalue weighted by molar-refractivity contribution is -0.385. The Morgan fingerprint density at radius 3 is 2.81 bits per heavy atom. The van der Waals surface area contributed by atoms with Crippen LogP contribution >= 0.6 is 0 Å². The first kappa shape index (κ1) is 19.4. The van der Waals surface area contributed by atoms with E-state index in [9.17, 15) is 19.7 Å². The van der Waals surface area contributed by atoms with E-state index < -0.39 is 23.5 Å². The number of allylic oxidation sites excluding steroid dienone is 1. The fraction of sp³-hybridized carbons (Fsp3) is 0.444. The number of nitro groups is 1. The van der Waals surface area contributed by atoms with Crippen molar-refractivity contribution in [2.45, 2.75) is 39.0 Å². The second-order valence-corrected chi connectivity index (χ2v) is 6.18. The Hall–Kier alpha value is -2.90. The number of carbonyl (C=O) groups is 2. The van der Waals surface area contributed by atoms with Crippen LogP contribution in [-0.2, 0) is 4.79 Å². The van der Waals surface area contributed by atoms with Crippen molar-refractivity contribution >= 4 is 17.6 Å². The number of amides is 3. The van der Waals surface area contributed by atoms with Gasteiger partial charge in [0.2, 0.25) is 0 Å². The summed E-state index contributed by atoms with van der Waals surface area (Å²) in [5.41, 5.74) is 1.82. The van der Waals surface area contributed by atoms with Crippen LogP contribution in [0, 0.1) is 17.0 Å². The molecule has 0 aliphatic heterocycles. The molecule has 140 valence electrons. The van der Waals surface area contributed by atoms with Crippen LogP contribution in [0.2, 0.25) is 0 Å². The molecule has 0 heterocycles. The summed E-state index contributed by atoms with van der Waals surface area (Å²) in [5.74, 6) is -0.686. The van der Waals surface area contributed by atoms with Gasteiger partial charge in [0.1, 0.15) is 0 Å². The molecule has 1 aromatic rings. The van der Waals surface area contributed by atoms with Crippen LogP contribution in [0.25, 0.3) is 0 Å². The molecule has 0 aromatic heterocycles. The van der Waals surface area contributed by atoms with Crippen LogP contribution in [0.3, 0.4) is 0 Å². The lowest BCUT2D eigenvalue weighted by Crippen LogP contribution is -2.42. The Morgan fingerprint density at radius 1 is 1.31 bits per heavy atom. The molecule has 0 saturated heterocycles. The van der Waals surface area contributed by atoms with Crippen LogP contribution in [0.4, 0.5) is 10.5 Å². The van der Waals surface area contributed by atoms with Gasteiger partial charge in [0.25, 0.3) is 5.91 Å². The van der Waals surface area contributed by atoms with E-state index in [1.54, 1.807) is 13.0 Å². The molecule has 26 heavy (non-hydrogen) atoms. The fourth-order valence-electron chi connectivity index (χ4n) is 2.71. The Kier molecular flexibility index (Phi) is 7.13. The number of hydrogen-bond acceptors (Lipinski definition) is 5. The number of nitro benzene ring substituents is 1. The van der Waals surface area contributed by atoms with E-state index in [0.717, 1.165) is 19.3 Å². The van der Waals surface area contributed by atoms with E-state index >= 15 is 0 Å². The lowest BCUT2D eigenvalue weighted by atomic mass is 9.97. The lowest BCUT2D eigenvalue weighted by Gasteiger charge is -2.13. The number of urea groups is 1. The fourth-order valence-corrected chi connectivity index (χ4v) is 2.71. The molecular weight excluding hydrogens is 338 g/mol. The van der Waals surface area contributed by atoms with E-state index in [4.69, 9.17) is 4.74 Å². The summed E-state index contributed by atoms with van der Waals surface area (Å²) in [6.07, 6.45) is 7.52. The minimum atomic E-state index is -0.672. The largest absolute Gasteiger partial charge is 0.477 e. The van der Waals surface area contributed by atoms with Gasteiger partial charge in [-0.05, 0) is 50.7 Å². The molecule has 1 aliphatic carbocycles. The Morgan fingerprint density at radius 2 is 2.12 bits per heavy atom. The molecule has 0 radical (unpaired) electrons. The maximum absolute atomic E-state index is 11.8.